The van der Waals surface area contributed by atoms with Gasteiger partial charge in [-0.15, -0.1) is 0 Å². The predicted octanol–water partition coefficient (Wildman–Crippen LogP) is 4.87. The predicted molar refractivity (Wildman–Crippen MR) is 104 cm³/mol. The van der Waals surface area contributed by atoms with Gasteiger partial charge in [0, 0.05) is 23.5 Å². The average molecular weight is 366 g/mol. The van der Waals surface area contributed by atoms with Crippen LogP contribution in [0, 0.1) is 0 Å². The smallest absolute Gasteiger partial charge is 0.304 e. The maximum atomic E-state index is 11.0. The molecule has 1 unspecified atom stereocenters. The van der Waals surface area contributed by atoms with Crippen molar-refractivity contribution < 1.29 is 19.4 Å². The van der Waals surface area contributed by atoms with Gasteiger partial charge in [0.2, 0.25) is 0 Å². The number of hydrogen-bond donors (Lipinski definition) is 1. The molecule has 1 heterocycles. The molecule has 4 rings (SSSR count). The fourth-order valence-corrected chi connectivity index (χ4v) is 4.41. The minimum atomic E-state index is -0.794. The van der Waals surface area contributed by atoms with Crippen LogP contribution in [0.15, 0.2) is 36.4 Å². The Bertz CT molecular complexity index is 855. The zero-order chi connectivity index (χ0) is 19.0. The maximum Gasteiger partial charge on any atom is 0.304 e. The molecule has 27 heavy (non-hydrogen) atoms. The van der Waals surface area contributed by atoms with Gasteiger partial charge in [-0.1, -0.05) is 38.1 Å². The van der Waals surface area contributed by atoms with Crippen LogP contribution in [-0.4, -0.2) is 24.3 Å². The fraction of sp³-hybridized carbons (Fsp3) is 0.435. The van der Waals surface area contributed by atoms with Gasteiger partial charge in [0.1, 0.15) is 11.5 Å². The summed E-state index contributed by atoms with van der Waals surface area (Å²) in [5.41, 5.74) is 5.37. The Morgan fingerprint density at radius 3 is 2.85 bits per heavy atom. The first-order chi connectivity index (χ1) is 13.0. The van der Waals surface area contributed by atoms with Crippen molar-refractivity contribution in [2.24, 2.45) is 0 Å². The van der Waals surface area contributed by atoms with E-state index in [0.29, 0.717) is 25.0 Å². The third-order valence-electron chi connectivity index (χ3n) is 5.79. The molecule has 0 fully saturated rings. The van der Waals surface area contributed by atoms with E-state index in [1.54, 1.807) is 0 Å². The topological polar surface area (TPSA) is 55.8 Å². The molecule has 0 saturated carbocycles. The van der Waals surface area contributed by atoms with E-state index >= 15 is 0 Å². The molecule has 4 nitrogen and oxygen atoms in total. The summed E-state index contributed by atoms with van der Waals surface area (Å²) in [6, 6.07) is 12.4. The molecule has 142 valence electrons. The van der Waals surface area contributed by atoms with Crippen LogP contribution in [0.3, 0.4) is 0 Å². The molecule has 2 aromatic carbocycles. The Morgan fingerprint density at radius 2 is 2.07 bits per heavy atom. The van der Waals surface area contributed by atoms with Gasteiger partial charge in [-0.3, -0.25) is 4.79 Å². The normalized spacial score (nSPS) is 20.3. The fourth-order valence-electron chi connectivity index (χ4n) is 4.41. The van der Waals surface area contributed by atoms with Gasteiger partial charge in [-0.25, -0.2) is 0 Å². The summed E-state index contributed by atoms with van der Waals surface area (Å²) in [5, 5.41) is 9.01. The van der Waals surface area contributed by atoms with Gasteiger partial charge in [0.25, 0.3) is 0 Å². The van der Waals surface area contributed by atoms with Gasteiger partial charge in [0.05, 0.1) is 19.6 Å². The maximum absolute atomic E-state index is 11.0. The number of carbonyl (C=O) groups is 1. The van der Waals surface area contributed by atoms with E-state index in [-0.39, 0.29) is 12.3 Å². The van der Waals surface area contributed by atoms with Crippen LogP contribution in [0.25, 0.3) is 0 Å². The van der Waals surface area contributed by atoms with E-state index in [1.165, 1.54) is 16.7 Å². The zero-order valence-corrected chi connectivity index (χ0v) is 15.9. The van der Waals surface area contributed by atoms with E-state index in [2.05, 4.69) is 32.0 Å². The van der Waals surface area contributed by atoms with Gasteiger partial charge in [-0.05, 0) is 41.5 Å². The van der Waals surface area contributed by atoms with Crippen molar-refractivity contribution in [1.82, 2.24) is 0 Å². The van der Waals surface area contributed by atoms with Crippen LogP contribution in [0.2, 0.25) is 0 Å². The molecule has 0 spiro atoms. The highest BCUT2D eigenvalue weighted by atomic mass is 16.5. The first-order valence-electron chi connectivity index (χ1n) is 9.76. The molecule has 0 bridgehead atoms. The van der Waals surface area contributed by atoms with Crippen molar-refractivity contribution >= 4 is 5.97 Å². The third kappa shape index (κ3) is 3.53. The van der Waals surface area contributed by atoms with Crippen LogP contribution in [0.1, 0.15) is 66.7 Å². The molecular weight excluding hydrogens is 340 g/mol. The largest absolute Gasteiger partial charge is 0.493 e. The van der Waals surface area contributed by atoms with Gasteiger partial charge < -0.3 is 14.6 Å². The van der Waals surface area contributed by atoms with Crippen LogP contribution in [-0.2, 0) is 11.2 Å². The van der Waals surface area contributed by atoms with E-state index < -0.39 is 5.97 Å². The van der Waals surface area contributed by atoms with Crippen molar-refractivity contribution in [3.05, 3.63) is 58.7 Å². The highest BCUT2D eigenvalue weighted by Crippen LogP contribution is 2.40. The summed E-state index contributed by atoms with van der Waals surface area (Å²) in [7, 11) is 0. The summed E-state index contributed by atoms with van der Waals surface area (Å²) >= 11 is 0. The molecule has 4 heteroatoms. The SMILES string of the molecule is CC(C)c1cccc2c1CCC2COc1ccc2c(c1)OC[C@H]2CC(=O)O. The lowest BCUT2D eigenvalue weighted by Crippen LogP contribution is -2.08. The highest BCUT2D eigenvalue weighted by molar-refractivity contribution is 5.68. The van der Waals surface area contributed by atoms with Crippen molar-refractivity contribution in [2.75, 3.05) is 13.2 Å². The molecule has 0 aromatic heterocycles. The van der Waals surface area contributed by atoms with Gasteiger partial charge >= 0.3 is 5.97 Å². The van der Waals surface area contributed by atoms with E-state index in [1.807, 2.05) is 18.2 Å². The molecular formula is C23H26O4. The van der Waals surface area contributed by atoms with Crippen molar-refractivity contribution in [1.29, 1.82) is 0 Å². The summed E-state index contributed by atoms with van der Waals surface area (Å²) in [5.74, 6) is 1.66. The molecule has 2 aromatic rings. The molecule has 0 amide bonds. The summed E-state index contributed by atoms with van der Waals surface area (Å²) in [6.45, 7) is 5.59. The minimum absolute atomic E-state index is 0.0669. The number of carboxylic acids is 1. The summed E-state index contributed by atoms with van der Waals surface area (Å²) in [4.78, 5) is 11.0. The Balaban J connectivity index is 1.44. The molecule has 0 saturated heterocycles. The van der Waals surface area contributed by atoms with Crippen molar-refractivity contribution in [3.63, 3.8) is 0 Å². The lowest BCUT2D eigenvalue weighted by molar-refractivity contribution is -0.137. The van der Waals surface area contributed by atoms with Crippen LogP contribution in [0.5, 0.6) is 11.5 Å². The Morgan fingerprint density at radius 1 is 1.22 bits per heavy atom. The van der Waals surface area contributed by atoms with Gasteiger partial charge in [0.15, 0.2) is 0 Å². The quantitative estimate of drug-likeness (QED) is 0.792. The molecule has 2 atom stereocenters. The number of fused-ring (bicyclic) bond motifs is 2. The second-order valence-corrected chi connectivity index (χ2v) is 7.92. The van der Waals surface area contributed by atoms with Crippen LogP contribution < -0.4 is 9.47 Å². The first kappa shape index (κ1) is 17.9. The van der Waals surface area contributed by atoms with Crippen molar-refractivity contribution in [2.45, 2.75) is 50.9 Å². The van der Waals surface area contributed by atoms with E-state index in [4.69, 9.17) is 14.6 Å². The minimum Gasteiger partial charge on any atom is -0.493 e. The second kappa shape index (κ2) is 7.26. The van der Waals surface area contributed by atoms with Crippen LogP contribution >= 0.6 is 0 Å². The first-order valence-corrected chi connectivity index (χ1v) is 9.76. The third-order valence-corrected chi connectivity index (χ3v) is 5.79. The number of rotatable bonds is 6. The van der Waals surface area contributed by atoms with E-state index in [0.717, 1.165) is 29.9 Å². The number of benzene rings is 2. The Kier molecular flexibility index (Phi) is 4.81. The van der Waals surface area contributed by atoms with Crippen LogP contribution in [0.4, 0.5) is 0 Å². The number of hydrogen-bond acceptors (Lipinski definition) is 3. The molecule has 2 aliphatic rings. The standard InChI is InChI=1S/C23H26O4/c1-14(2)18-4-3-5-19-15(6-8-21(18)19)12-26-17-7-9-20-16(10-23(24)25)13-27-22(20)11-17/h3-5,7,9,11,14-16H,6,8,10,12-13H2,1-2H3,(H,24,25)/t15?,16-/m1/s1. The lowest BCUT2D eigenvalue weighted by Gasteiger charge is -2.16. The molecule has 1 N–H and O–H groups in total. The highest BCUT2D eigenvalue weighted by Gasteiger charge is 2.28. The number of aliphatic carboxylic acids is 1. The van der Waals surface area contributed by atoms with Gasteiger partial charge in [-0.2, -0.15) is 0 Å². The Hall–Kier alpha value is -2.49. The number of ether oxygens (including phenoxy) is 2. The summed E-state index contributed by atoms with van der Waals surface area (Å²) in [6.07, 6.45) is 2.35. The molecule has 0 radical (unpaired) electrons. The Labute approximate surface area is 160 Å². The molecule has 1 aliphatic carbocycles. The second-order valence-electron chi connectivity index (χ2n) is 7.92. The lowest BCUT2D eigenvalue weighted by atomic mass is 9.93. The average Bonchev–Trinajstić information content (AvgIpc) is 3.23. The summed E-state index contributed by atoms with van der Waals surface area (Å²) < 4.78 is 11.8. The van der Waals surface area contributed by atoms with E-state index in [9.17, 15) is 4.79 Å². The monoisotopic (exact) mass is 366 g/mol. The molecule has 1 aliphatic heterocycles. The zero-order valence-electron chi connectivity index (χ0n) is 15.9. The number of carboxylic acid groups (broad SMARTS) is 1. The van der Waals surface area contributed by atoms with Crippen molar-refractivity contribution in [3.8, 4) is 11.5 Å².